The van der Waals surface area contributed by atoms with Crippen LogP contribution in [0, 0.1) is 0 Å². The predicted octanol–water partition coefficient (Wildman–Crippen LogP) is 3.30. The summed E-state index contributed by atoms with van der Waals surface area (Å²) in [6.07, 6.45) is -0.155. The van der Waals surface area contributed by atoms with Crippen molar-refractivity contribution in [1.29, 1.82) is 0 Å². The molecule has 0 spiro atoms. The molecule has 0 radical (unpaired) electrons. The van der Waals surface area contributed by atoms with Crippen LogP contribution in [-0.2, 0) is 16.1 Å². The number of halogens is 1. The number of carbonyl (C=O) groups excluding carboxylic acids is 2. The second-order valence-electron chi connectivity index (χ2n) is 6.43. The van der Waals surface area contributed by atoms with Crippen LogP contribution in [-0.4, -0.2) is 19.1 Å². The number of hydrogen-bond acceptors (Lipinski definition) is 6. The Kier molecular flexibility index (Phi) is 6.58. The average molecular weight is 431 g/mol. The van der Waals surface area contributed by atoms with Gasteiger partial charge in [-0.2, -0.15) is 0 Å². The lowest BCUT2D eigenvalue weighted by Crippen LogP contribution is -2.34. The molecule has 2 amide bonds. The summed E-state index contributed by atoms with van der Waals surface area (Å²) in [6, 6.07) is 11.4. The maximum absolute atomic E-state index is 12.4. The highest BCUT2D eigenvalue weighted by Crippen LogP contribution is 2.24. The Balaban J connectivity index is 1.74. The van der Waals surface area contributed by atoms with Crippen LogP contribution >= 0.6 is 11.6 Å². The third-order valence-electron chi connectivity index (χ3n) is 4.39. The fourth-order valence-electron chi connectivity index (χ4n) is 2.96. The zero-order chi connectivity index (χ0) is 21.7. The van der Waals surface area contributed by atoms with Gasteiger partial charge < -0.3 is 24.9 Å². The third kappa shape index (κ3) is 5.30. The van der Waals surface area contributed by atoms with E-state index in [1.54, 1.807) is 42.5 Å². The summed E-state index contributed by atoms with van der Waals surface area (Å²) in [6.45, 7) is -0.142. The normalized spacial score (nSPS) is 11.7. The van der Waals surface area contributed by atoms with Gasteiger partial charge in [-0.3, -0.25) is 4.79 Å². The van der Waals surface area contributed by atoms with Gasteiger partial charge in [0.15, 0.2) is 0 Å². The van der Waals surface area contributed by atoms with Crippen molar-refractivity contribution in [2.75, 3.05) is 7.11 Å². The molecule has 9 heteroatoms. The molecule has 1 heterocycles. The molecule has 0 aliphatic heterocycles. The molecule has 0 saturated heterocycles. The molecule has 0 saturated carbocycles. The van der Waals surface area contributed by atoms with E-state index in [9.17, 15) is 14.4 Å². The maximum Gasteiger partial charge on any atom is 0.336 e. The number of hydrogen-bond donors (Lipinski definition) is 2. The zero-order valence-electron chi connectivity index (χ0n) is 16.0. The van der Waals surface area contributed by atoms with Crippen molar-refractivity contribution in [1.82, 2.24) is 5.32 Å². The minimum atomic E-state index is -0.775. The molecule has 3 rings (SSSR count). The van der Waals surface area contributed by atoms with Gasteiger partial charge in [0.1, 0.15) is 17.9 Å². The molecule has 0 fully saturated rings. The number of nitrogens with one attached hydrogen (secondary N) is 1. The lowest BCUT2D eigenvalue weighted by atomic mass is 10.0. The Labute approximate surface area is 176 Å². The molecule has 8 nitrogen and oxygen atoms in total. The highest BCUT2D eigenvalue weighted by molar-refractivity contribution is 6.30. The summed E-state index contributed by atoms with van der Waals surface area (Å²) in [4.78, 5) is 35.6. The molecule has 3 N–H and O–H groups in total. The molecule has 0 bridgehead atoms. The first-order valence-corrected chi connectivity index (χ1v) is 9.31. The number of fused-ring (bicyclic) bond motifs is 1. The van der Waals surface area contributed by atoms with Gasteiger partial charge >= 0.3 is 17.6 Å². The fraction of sp³-hybridized carbons (Fsp3) is 0.190. The molecule has 1 aromatic heterocycles. The number of amides is 2. The topological polar surface area (TPSA) is 121 Å². The molecule has 1 unspecified atom stereocenters. The number of ether oxygens (including phenoxy) is 2. The van der Waals surface area contributed by atoms with E-state index in [1.165, 1.54) is 13.2 Å². The van der Waals surface area contributed by atoms with Crippen molar-refractivity contribution in [2.24, 2.45) is 5.73 Å². The number of esters is 1. The van der Waals surface area contributed by atoms with E-state index in [-0.39, 0.29) is 13.0 Å². The van der Waals surface area contributed by atoms with E-state index in [0.717, 1.165) is 0 Å². The van der Waals surface area contributed by atoms with E-state index < -0.39 is 23.7 Å². The minimum absolute atomic E-state index is 0.142. The van der Waals surface area contributed by atoms with Crippen LogP contribution in [0.15, 0.2) is 57.7 Å². The molecule has 0 aliphatic rings. The Morgan fingerprint density at radius 1 is 1.17 bits per heavy atom. The third-order valence-corrected chi connectivity index (χ3v) is 4.64. The Bertz CT molecular complexity index is 1130. The largest absolute Gasteiger partial charge is 0.497 e. The predicted molar refractivity (Wildman–Crippen MR) is 110 cm³/mol. The van der Waals surface area contributed by atoms with Crippen LogP contribution in [0.2, 0.25) is 5.02 Å². The number of rotatable bonds is 7. The first-order chi connectivity index (χ1) is 14.4. The highest BCUT2D eigenvalue weighted by Gasteiger charge is 2.19. The smallest absolute Gasteiger partial charge is 0.336 e. The van der Waals surface area contributed by atoms with Gasteiger partial charge in [0, 0.05) is 28.1 Å². The molecule has 2 aromatic carbocycles. The summed E-state index contributed by atoms with van der Waals surface area (Å²) in [5.74, 6) is -0.0540. The SMILES string of the molecule is COc1ccc2c(COC(=O)CC(NC(N)=O)c3ccc(Cl)cc3)cc(=O)oc2c1. The Hall–Kier alpha value is -3.52. The van der Waals surface area contributed by atoms with Crippen molar-refractivity contribution >= 4 is 34.6 Å². The van der Waals surface area contributed by atoms with Gasteiger partial charge in [-0.25, -0.2) is 9.59 Å². The summed E-state index contributed by atoms with van der Waals surface area (Å²) in [5.41, 5.74) is 6.10. The number of urea groups is 1. The minimum Gasteiger partial charge on any atom is -0.497 e. The summed E-state index contributed by atoms with van der Waals surface area (Å²) >= 11 is 5.88. The Morgan fingerprint density at radius 2 is 1.90 bits per heavy atom. The molecule has 3 aromatic rings. The molecule has 156 valence electrons. The van der Waals surface area contributed by atoms with Crippen molar-refractivity contribution < 1.29 is 23.5 Å². The van der Waals surface area contributed by atoms with Gasteiger partial charge in [0.2, 0.25) is 0 Å². The van der Waals surface area contributed by atoms with Crippen molar-refractivity contribution in [3.63, 3.8) is 0 Å². The van der Waals surface area contributed by atoms with Crippen LogP contribution in [0.1, 0.15) is 23.6 Å². The number of primary amides is 1. The van der Waals surface area contributed by atoms with E-state index in [4.69, 9.17) is 31.2 Å². The second kappa shape index (κ2) is 9.32. The average Bonchev–Trinajstić information content (AvgIpc) is 2.71. The van der Waals surface area contributed by atoms with Gasteiger partial charge in [-0.1, -0.05) is 23.7 Å². The van der Waals surface area contributed by atoms with E-state index >= 15 is 0 Å². The molecule has 1 atom stereocenters. The summed E-state index contributed by atoms with van der Waals surface area (Å²) < 4.78 is 15.6. The van der Waals surface area contributed by atoms with E-state index in [1.807, 2.05) is 0 Å². The molecular formula is C21H19ClN2O6. The number of methoxy groups -OCH3 is 1. The monoisotopic (exact) mass is 430 g/mol. The van der Waals surface area contributed by atoms with Gasteiger partial charge in [-0.05, 0) is 29.8 Å². The van der Waals surface area contributed by atoms with Crippen LogP contribution in [0.3, 0.4) is 0 Å². The first kappa shape index (κ1) is 21.2. The van der Waals surface area contributed by atoms with E-state index in [0.29, 0.717) is 32.9 Å². The van der Waals surface area contributed by atoms with Gasteiger partial charge in [-0.15, -0.1) is 0 Å². The second-order valence-corrected chi connectivity index (χ2v) is 6.87. The number of nitrogens with two attached hydrogens (primary N) is 1. The lowest BCUT2D eigenvalue weighted by Gasteiger charge is -2.17. The van der Waals surface area contributed by atoms with Crippen LogP contribution in [0.25, 0.3) is 11.0 Å². The first-order valence-electron chi connectivity index (χ1n) is 8.93. The van der Waals surface area contributed by atoms with Crippen molar-refractivity contribution in [3.8, 4) is 5.75 Å². The lowest BCUT2D eigenvalue weighted by molar-refractivity contribution is -0.145. The quantitative estimate of drug-likeness (QED) is 0.438. The number of carbonyl (C=O) groups is 2. The maximum atomic E-state index is 12.4. The standard InChI is InChI=1S/C21H19ClN2O6/c1-28-15-6-7-16-13(8-20(26)30-18(16)9-15)11-29-19(25)10-17(24-21(23)27)12-2-4-14(22)5-3-12/h2-9,17H,10-11H2,1H3,(H3,23,24,27). The van der Waals surface area contributed by atoms with Crippen molar-refractivity contribution in [3.05, 3.63) is 75.1 Å². The van der Waals surface area contributed by atoms with Crippen LogP contribution < -0.4 is 21.4 Å². The fourth-order valence-corrected chi connectivity index (χ4v) is 3.09. The molecule has 30 heavy (non-hydrogen) atoms. The highest BCUT2D eigenvalue weighted by atomic mass is 35.5. The van der Waals surface area contributed by atoms with E-state index in [2.05, 4.69) is 5.32 Å². The molecular weight excluding hydrogens is 412 g/mol. The van der Waals surface area contributed by atoms with Gasteiger partial charge in [0.25, 0.3) is 0 Å². The summed E-state index contributed by atoms with van der Waals surface area (Å²) in [5, 5.41) is 3.65. The number of benzene rings is 2. The van der Waals surface area contributed by atoms with Crippen molar-refractivity contribution in [2.45, 2.75) is 19.1 Å². The summed E-state index contributed by atoms with van der Waals surface area (Å²) in [7, 11) is 1.50. The molecule has 0 aliphatic carbocycles. The van der Waals surface area contributed by atoms with Crippen LogP contribution in [0.4, 0.5) is 4.79 Å². The zero-order valence-corrected chi connectivity index (χ0v) is 16.8. The van der Waals surface area contributed by atoms with Gasteiger partial charge in [0.05, 0.1) is 19.6 Å². The Morgan fingerprint density at radius 3 is 2.57 bits per heavy atom. The van der Waals surface area contributed by atoms with Crippen LogP contribution in [0.5, 0.6) is 5.75 Å².